The van der Waals surface area contributed by atoms with Gasteiger partial charge in [0.2, 0.25) is 5.69 Å². The van der Waals surface area contributed by atoms with Crippen LogP contribution in [0.15, 0.2) is 36.4 Å². The number of aryl methyl sites for hydroxylation is 3. The van der Waals surface area contributed by atoms with E-state index in [1.165, 1.54) is 33.5 Å². The predicted octanol–water partition coefficient (Wildman–Crippen LogP) is 4.77. The highest BCUT2D eigenvalue weighted by Gasteiger charge is 2.20. The molecular weight excluding hydrogens is 280 g/mol. The number of hydrogen-bond acceptors (Lipinski definition) is 1. The van der Waals surface area contributed by atoms with Crippen LogP contribution in [0, 0.1) is 20.8 Å². The summed E-state index contributed by atoms with van der Waals surface area (Å²) < 4.78 is 2.28. The second-order valence-corrected chi connectivity index (χ2v) is 6.84. The van der Waals surface area contributed by atoms with Gasteiger partial charge in [0.15, 0.2) is 5.69 Å². The van der Waals surface area contributed by atoms with E-state index in [1.807, 2.05) is 0 Å². The van der Waals surface area contributed by atoms with Gasteiger partial charge in [-0.05, 0) is 43.5 Å². The molecule has 0 atom stereocenters. The van der Waals surface area contributed by atoms with Crippen LogP contribution in [-0.2, 0) is 7.05 Å². The van der Waals surface area contributed by atoms with Gasteiger partial charge in [-0.2, -0.15) is 4.57 Å². The van der Waals surface area contributed by atoms with Crippen molar-refractivity contribution in [3.05, 3.63) is 58.9 Å². The zero-order valence-corrected chi connectivity index (χ0v) is 14.9. The molecule has 118 valence electrons. The first-order valence-electron chi connectivity index (χ1n) is 8.26. The highest BCUT2D eigenvalue weighted by atomic mass is 14.9. The van der Waals surface area contributed by atoms with Crippen LogP contribution in [0.4, 0.5) is 0 Å². The third kappa shape index (κ3) is 2.74. The lowest BCUT2D eigenvalue weighted by atomic mass is 9.98. The zero-order valence-electron chi connectivity index (χ0n) is 14.9. The normalized spacial score (nSPS) is 11.4. The number of rotatable bonds is 2. The number of fused-ring (bicyclic) bond motifs is 1. The van der Waals surface area contributed by atoms with E-state index < -0.39 is 0 Å². The van der Waals surface area contributed by atoms with Crippen LogP contribution in [0.2, 0.25) is 0 Å². The summed E-state index contributed by atoms with van der Waals surface area (Å²) in [7, 11) is 2.14. The number of pyridine rings is 2. The van der Waals surface area contributed by atoms with Crippen molar-refractivity contribution in [2.75, 3.05) is 0 Å². The Labute approximate surface area is 138 Å². The van der Waals surface area contributed by atoms with Gasteiger partial charge in [0.1, 0.15) is 7.05 Å². The number of nitrogens with zero attached hydrogens (tertiary/aromatic N) is 2. The first-order valence-corrected chi connectivity index (χ1v) is 8.26. The SMILES string of the molecule is Cc1ccc(C)c(-c2c3ccc(C(C)C)nc3cc(C)[n+]2C)c1. The maximum Gasteiger partial charge on any atom is 0.222 e. The minimum absolute atomic E-state index is 0.442. The van der Waals surface area contributed by atoms with Gasteiger partial charge in [-0.1, -0.05) is 31.5 Å². The summed E-state index contributed by atoms with van der Waals surface area (Å²) in [5.74, 6) is 0.442. The molecule has 0 aliphatic rings. The zero-order chi connectivity index (χ0) is 16.7. The first-order chi connectivity index (χ1) is 10.9. The molecule has 0 fully saturated rings. The van der Waals surface area contributed by atoms with E-state index in [-0.39, 0.29) is 0 Å². The number of hydrogen-bond donors (Lipinski definition) is 0. The summed E-state index contributed by atoms with van der Waals surface area (Å²) >= 11 is 0. The molecular formula is C21H25N2+. The molecule has 0 unspecified atom stereocenters. The maximum absolute atomic E-state index is 4.90. The van der Waals surface area contributed by atoms with Crippen molar-refractivity contribution >= 4 is 10.9 Å². The fourth-order valence-corrected chi connectivity index (χ4v) is 3.09. The molecule has 0 aliphatic carbocycles. The maximum atomic E-state index is 4.90. The van der Waals surface area contributed by atoms with Crippen molar-refractivity contribution in [1.29, 1.82) is 0 Å². The van der Waals surface area contributed by atoms with Crippen molar-refractivity contribution < 1.29 is 4.57 Å². The van der Waals surface area contributed by atoms with Crippen LogP contribution < -0.4 is 4.57 Å². The second kappa shape index (κ2) is 5.77. The van der Waals surface area contributed by atoms with Crippen molar-refractivity contribution in [2.45, 2.75) is 40.5 Å². The second-order valence-electron chi connectivity index (χ2n) is 6.84. The highest BCUT2D eigenvalue weighted by Crippen LogP contribution is 2.29. The average Bonchev–Trinajstić information content (AvgIpc) is 2.51. The highest BCUT2D eigenvalue weighted by molar-refractivity contribution is 5.91. The monoisotopic (exact) mass is 305 g/mol. The number of benzene rings is 1. The molecule has 0 radical (unpaired) electrons. The van der Waals surface area contributed by atoms with Gasteiger partial charge in [0.25, 0.3) is 0 Å². The fourth-order valence-electron chi connectivity index (χ4n) is 3.09. The van der Waals surface area contributed by atoms with Crippen LogP contribution in [0.1, 0.15) is 42.3 Å². The van der Waals surface area contributed by atoms with Crippen LogP contribution >= 0.6 is 0 Å². The molecule has 0 spiro atoms. The Bertz CT molecular complexity index is 892. The minimum Gasteiger partial charge on any atom is -0.252 e. The predicted molar refractivity (Wildman–Crippen MR) is 96.7 cm³/mol. The van der Waals surface area contributed by atoms with Gasteiger partial charge in [-0.25, -0.2) is 0 Å². The van der Waals surface area contributed by atoms with Crippen molar-refractivity contribution in [1.82, 2.24) is 4.98 Å². The quantitative estimate of drug-likeness (QED) is 0.623. The van der Waals surface area contributed by atoms with Gasteiger partial charge in [0, 0.05) is 18.7 Å². The van der Waals surface area contributed by atoms with Gasteiger partial charge in [-0.15, -0.1) is 0 Å². The van der Waals surface area contributed by atoms with Crippen LogP contribution in [-0.4, -0.2) is 4.98 Å². The summed E-state index contributed by atoms with van der Waals surface area (Å²) in [6.07, 6.45) is 0. The Morgan fingerprint density at radius 1 is 0.957 bits per heavy atom. The largest absolute Gasteiger partial charge is 0.252 e. The molecule has 2 aromatic heterocycles. The molecule has 3 rings (SSSR count). The lowest BCUT2D eigenvalue weighted by molar-refractivity contribution is -0.665. The fraction of sp³-hybridized carbons (Fsp3) is 0.333. The Balaban J connectivity index is 2.39. The van der Waals surface area contributed by atoms with E-state index in [9.17, 15) is 0 Å². The van der Waals surface area contributed by atoms with Gasteiger partial charge in [-0.3, -0.25) is 4.98 Å². The molecule has 0 amide bonds. The minimum atomic E-state index is 0.442. The summed E-state index contributed by atoms with van der Waals surface area (Å²) in [6.45, 7) is 10.9. The topological polar surface area (TPSA) is 16.8 Å². The molecule has 0 N–H and O–H groups in total. The van der Waals surface area contributed by atoms with Crippen LogP contribution in [0.5, 0.6) is 0 Å². The summed E-state index contributed by atoms with van der Waals surface area (Å²) in [6, 6.07) is 13.2. The van der Waals surface area contributed by atoms with E-state index in [0.717, 1.165) is 11.2 Å². The smallest absolute Gasteiger partial charge is 0.222 e. The van der Waals surface area contributed by atoms with E-state index in [1.54, 1.807) is 0 Å². The molecule has 3 aromatic rings. The Morgan fingerprint density at radius 2 is 1.70 bits per heavy atom. The lowest BCUT2D eigenvalue weighted by Gasteiger charge is -2.12. The summed E-state index contributed by atoms with van der Waals surface area (Å²) in [5, 5.41) is 1.22. The summed E-state index contributed by atoms with van der Waals surface area (Å²) in [4.78, 5) is 4.90. The molecule has 23 heavy (non-hydrogen) atoms. The van der Waals surface area contributed by atoms with E-state index in [0.29, 0.717) is 5.92 Å². The Hall–Kier alpha value is -2.22. The molecule has 1 aromatic carbocycles. The third-order valence-corrected chi connectivity index (χ3v) is 4.65. The molecule has 0 bridgehead atoms. The molecule has 2 heteroatoms. The van der Waals surface area contributed by atoms with Crippen molar-refractivity contribution in [3.63, 3.8) is 0 Å². The van der Waals surface area contributed by atoms with E-state index in [4.69, 9.17) is 4.98 Å². The van der Waals surface area contributed by atoms with Crippen LogP contribution in [0.25, 0.3) is 22.2 Å². The van der Waals surface area contributed by atoms with E-state index in [2.05, 4.69) is 82.6 Å². The van der Waals surface area contributed by atoms with Crippen molar-refractivity contribution in [2.24, 2.45) is 7.05 Å². The lowest BCUT2D eigenvalue weighted by Crippen LogP contribution is -2.35. The molecule has 2 nitrogen and oxygen atoms in total. The summed E-state index contributed by atoms with van der Waals surface area (Å²) in [5.41, 5.74) is 8.59. The molecule has 0 aliphatic heterocycles. The van der Waals surface area contributed by atoms with Gasteiger partial charge in [0.05, 0.1) is 16.5 Å². The third-order valence-electron chi connectivity index (χ3n) is 4.65. The Morgan fingerprint density at radius 3 is 2.39 bits per heavy atom. The van der Waals surface area contributed by atoms with Crippen molar-refractivity contribution in [3.8, 4) is 11.3 Å². The standard InChI is InChI=1S/C21H25N2/c1-13(2)19-10-9-17-20(22-19)12-16(5)23(6)21(17)18-11-14(3)7-8-15(18)4/h7-13H,1-6H3/q+1. The van der Waals surface area contributed by atoms with Crippen LogP contribution in [0.3, 0.4) is 0 Å². The van der Waals surface area contributed by atoms with Gasteiger partial charge >= 0.3 is 0 Å². The Kier molecular flexibility index (Phi) is 3.93. The number of aromatic nitrogens is 2. The average molecular weight is 305 g/mol. The molecule has 0 saturated carbocycles. The van der Waals surface area contributed by atoms with Gasteiger partial charge < -0.3 is 0 Å². The molecule has 2 heterocycles. The van der Waals surface area contributed by atoms with E-state index >= 15 is 0 Å². The first kappa shape index (κ1) is 15.7. The molecule has 0 saturated heterocycles.